The van der Waals surface area contributed by atoms with E-state index in [4.69, 9.17) is 0 Å². The summed E-state index contributed by atoms with van der Waals surface area (Å²) in [5, 5.41) is 11.2. The molecule has 1 saturated heterocycles. The first-order valence-corrected chi connectivity index (χ1v) is 9.45. The third kappa shape index (κ3) is 4.54. The van der Waals surface area contributed by atoms with Crippen molar-refractivity contribution in [2.24, 2.45) is 0 Å². The smallest absolute Gasteiger partial charge is 0.241 e. The highest BCUT2D eigenvalue weighted by molar-refractivity contribution is 14.1. The summed E-state index contributed by atoms with van der Waals surface area (Å²) >= 11 is 2.16. The Bertz CT molecular complexity index is 667. The lowest BCUT2D eigenvalue weighted by Gasteiger charge is -2.26. The number of hydrogen-bond acceptors (Lipinski definition) is 4. The Morgan fingerprint density at radius 2 is 1.92 bits per heavy atom. The van der Waals surface area contributed by atoms with Crippen molar-refractivity contribution in [3.8, 4) is 11.3 Å². The molecular formula is C17H22IN5O. The molecule has 0 bridgehead atoms. The van der Waals surface area contributed by atoms with Crippen molar-refractivity contribution >= 4 is 28.5 Å². The Labute approximate surface area is 155 Å². The molecule has 2 aromatic rings. The summed E-state index contributed by atoms with van der Waals surface area (Å²) in [6, 6.07) is 9.93. The van der Waals surface area contributed by atoms with Gasteiger partial charge in [-0.1, -0.05) is 42.0 Å². The summed E-state index contributed by atoms with van der Waals surface area (Å²) in [5.41, 5.74) is 1.91. The first-order valence-electron chi connectivity index (χ1n) is 8.37. The van der Waals surface area contributed by atoms with E-state index in [1.54, 1.807) is 4.68 Å². The number of rotatable bonds is 6. The Morgan fingerprint density at radius 1 is 1.17 bits per heavy atom. The second-order valence-corrected chi connectivity index (χ2v) is 7.03. The molecule has 1 aliphatic heterocycles. The fourth-order valence-corrected chi connectivity index (χ4v) is 3.68. The van der Waals surface area contributed by atoms with Gasteiger partial charge < -0.3 is 10.2 Å². The predicted octanol–water partition coefficient (Wildman–Crippen LogP) is 2.15. The van der Waals surface area contributed by atoms with Gasteiger partial charge in [-0.2, -0.15) is 0 Å². The lowest BCUT2D eigenvalue weighted by Crippen LogP contribution is -2.38. The lowest BCUT2D eigenvalue weighted by atomic mass is 10.1. The fraction of sp³-hybridized carbons (Fsp3) is 0.471. The minimum atomic E-state index is -0.0227. The van der Waals surface area contributed by atoms with E-state index in [-0.39, 0.29) is 12.5 Å². The molecule has 1 aromatic carbocycles. The molecule has 7 heteroatoms. The molecule has 1 aromatic heterocycles. The molecule has 1 aliphatic rings. The predicted molar refractivity (Wildman–Crippen MR) is 101 cm³/mol. The fourth-order valence-electron chi connectivity index (χ4n) is 3.00. The van der Waals surface area contributed by atoms with E-state index in [1.165, 1.54) is 19.3 Å². The number of halogens is 1. The number of benzene rings is 1. The number of likely N-dealkylation sites (tertiary alicyclic amines) is 1. The summed E-state index contributed by atoms with van der Waals surface area (Å²) in [4.78, 5) is 14.6. The van der Waals surface area contributed by atoms with E-state index in [0.717, 1.165) is 34.6 Å². The van der Waals surface area contributed by atoms with Gasteiger partial charge >= 0.3 is 0 Å². The third-order valence-corrected chi connectivity index (χ3v) is 4.96. The quantitative estimate of drug-likeness (QED) is 0.701. The standard InChI is InChI=1S/C17H22IN5O/c18-17-16(14-7-3-1-4-8-14)23(21-20-17)13-15(24)19-9-12-22-10-5-2-6-11-22/h1,3-4,7-8H,2,5-6,9-13H2,(H,19,24). The van der Waals surface area contributed by atoms with Crippen LogP contribution in [0.3, 0.4) is 0 Å². The van der Waals surface area contributed by atoms with E-state index < -0.39 is 0 Å². The Morgan fingerprint density at radius 3 is 2.67 bits per heavy atom. The van der Waals surface area contributed by atoms with Gasteiger partial charge in [-0.05, 0) is 48.5 Å². The number of hydrogen-bond donors (Lipinski definition) is 1. The van der Waals surface area contributed by atoms with Crippen LogP contribution >= 0.6 is 22.6 Å². The van der Waals surface area contributed by atoms with Crippen molar-refractivity contribution < 1.29 is 4.79 Å². The van der Waals surface area contributed by atoms with Crippen LogP contribution in [0.4, 0.5) is 0 Å². The summed E-state index contributed by atoms with van der Waals surface area (Å²) < 4.78 is 2.48. The van der Waals surface area contributed by atoms with Crippen molar-refractivity contribution in [2.45, 2.75) is 25.8 Å². The SMILES string of the molecule is O=C(Cn1nnc(I)c1-c1ccccc1)NCCN1CCCCC1. The van der Waals surface area contributed by atoms with Crippen LogP contribution < -0.4 is 5.32 Å². The molecule has 1 fully saturated rings. The van der Waals surface area contributed by atoms with Gasteiger partial charge in [0.1, 0.15) is 12.2 Å². The van der Waals surface area contributed by atoms with Gasteiger partial charge in [0.25, 0.3) is 0 Å². The Hall–Kier alpha value is -1.48. The molecule has 6 nitrogen and oxygen atoms in total. The largest absolute Gasteiger partial charge is 0.353 e. The second-order valence-electron chi connectivity index (χ2n) is 6.00. The summed E-state index contributed by atoms with van der Waals surface area (Å²) in [7, 11) is 0. The zero-order valence-electron chi connectivity index (χ0n) is 13.6. The third-order valence-electron chi connectivity index (χ3n) is 4.23. The molecule has 0 saturated carbocycles. The molecule has 0 spiro atoms. The average molecular weight is 439 g/mol. The number of aromatic nitrogens is 3. The lowest BCUT2D eigenvalue weighted by molar-refractivity contribution is -0.121. The van der Waals surface area contributed by atoms with E-state index in [9.17, 15) is 4.79 Å². The summed E-state index contributed by atoms with van der Waals surface area (Å²) in [6.45, 7) is 4.10. The average Bonchev–Trinajstić information content (AvgIpc) is 2.97. The highest BCUT2D eigenvalue weighted by Gasteiger charge is 2.15. The first kappa shape index (κ1) is 17.3. The number of carbonyl (C=O) groups is 1. The maximum atomic E-state index is 12.2. The van der Waals surface area contributed by atoms with Crippen molar-refractivity contribution in [3.63, 3.8) is 0 Å². The number of piperidine rings is 1. The Balaban J connectivity index is 1.55. The molecule has 2 heterocycles. The number of nitrogens with one attached hydrogen (secondary N) is 1. The van der Waals surface area contributed by atoms with Crippen LogP contribution in [0, 0.1) is 3.70 Å². The van der Waals surface area contributed by atoms with E-state index in [1.807, 2.05) is 30.3 Å². The van der Waals surface area contributed by atoms with Crippen LogP contribution in [-0.2, 0) is 11.3 Å². The molecule has 0 radical (unpaired) electrons. The maximum Gasteiger partial charge on any atom is 0.241 e. The zero-order valence-corrected chi connectivity index (χ0v) is 15.8. The number of carbonyl (C=O) groups excluding carboxylic acids is 1. The monoisotopic (exact) mass is 439 g/mol. The first-order chi connectivity index (χ1) is 11.7. The van der Waals surface area contributed by atoms with Gasteiger partial charge in [0.15, 0.2) is 3.70 Å². The molecule has 0 aliphatic carbocycles. The van der Waals surface area contributed by atoms with Crippen molar-refractivity contribution in [1.82, 2.24) is 25.2 Å². The van der Waals surface area contributed by atoms with Gasteiger partial charge in [-0.25, -0.2) is 4.68 Å². The second kappa shape index (κ2) is 8.57. The number of nitrogens with zero attached hydrogens (tertiary/aromatic N) is 4. The van der Waals surface area contributed by atoms with Crippen LogP contribution in [-0.4, -0.2) is 52.0 Å². The van der Waals surface area contributed by atoms with Gasteiger partial charge in [-0.15, -0.1) is 5.10 Å². The number of amides is 1. The van der Waals surface area contributed by atoms with E-state index >= 15 is 0 Å². The minimum Gasteiger partial charge on any atom is -0.353 e. The minimum absolute atomic E-state index is 0.0227. The molecular weight excluding hydrogens is 417 g/mol. The maximum absolute atomic E-state index is 12.2. The van der Waals surface area contributed by atoms with Crippen molar-refractivity contribution in [2.75, 3.05) is 26.2 Å². The highest BCUT2D eigenvalue weighted by atomic mass is 127. The van der Waals surface area contributed by atoms with Gasteiger partial charge in [-0.3, -0.25) is 4.79 Å². The van der Waals surface area contributed by atoms with Gasteiger partial charge in [0.05, 0.1) is 0 Å². The molecule has 128 valence electrons. The topological polar surface area (TPSA) is 63.1 Å². The molecule has 24 heavy (non-hydrogen) atoms. The highest BCUT2D eigenvalue weighted by Crippen LogP contribution is 2.22. The van der Waals surface area contributed by atoms with Crippen molar-refractivity contribution in [1.29, 1.82) is 0 Å². The van der Waals surface area contributed by atoms with Crippen molar-refractivity contribution in [3.05, 3.63) is 34.0 Å². The normalized spacial score (nSPS) is 15.4. The Kier molecular flexibility index (Phi) is 6.19. The van der Waals surface area contributed by atoms with Crippen LogP contribution in [0.2, 0.25) is 0 Å². The van der Waals surface area contributed by atoms with E-state index in [0.29, 0.717) is 6.54 Å². The van der Waals surface area contributed by atoms with E-state index in [2.05, 4.69) is 43.1 Å². The van der Waals surface area contributed by atoms with Crippen LogP contribution in [0.1, 0.15) is 19.3 Å². The molecule has 1 amide bonds. The molecule has 3 rings (SSSR count). The zero-order chi connectivity index (χ0) is 16.8. The van der Waals surface area contributed by atoms with Crippen LogP contribution in [0.5, 0.6) is 0 Å². The summed E-state index contributed by atoms with van der Waals surface area (Å²) in [6.07, 6.45) is 3.87. The van der Waals surface area contributed by atoms with Crippen LogP contribution in [0.25, 0.3) is 11.3 Å². The van der Waals surface area contributed by atoms with Crippen LogP contribution in [0.15, 0.2) is 30.3 Å². The molecule has 0 atom stereocenters. The molecule has 0 unspecified atom stereocenters. The van der Waals surface area contributed by atoms with Gasteiger partial charge in [0.2, 0.25) is 5.91 Å². The summed E-state index contributed by atoms with van der Waals surface area (Å²) in [5.74, 6) is -0.0227. The molecule has 1 N–H and O–H groups in total. The van der Waals surface area contributed by atoms with Gasteiger partial charge in [0, 0.05) is 18.7 Å².